The molecule has 0 aromatic carbocycles. The van der Waals surface area contributed by atoms with Crippen LogP contribution < -0.4 is 0 Å². The maximum Gasteiger partial charge on any atom is 0.200 e. The molecule has 0 aliphatic heterocycles. The van der Waals surface area contributed by atoms with Crippen LogP contribution in [0.25, 0.3) is 0 Å². The fourth-order valence-electron chi connectivity index (χ4n) is 3.14. The molecule has 1 rings (SSSR count). The molecule has 23 heavy (non-hydrogen) atoms. The van der Waals surface area contributed by atoms with Gasteiger partial charge in [0, 0.05) is 18.1 Å². The van der Waals surface area contributed by atoms with Gasteiger partial charge in [-0.2, -0.15) is 0 Å². The molecule has 0 spiro atoms. The zero-order valence-electron chi connectivity index (χ0n) is 14.7. The lowest BCUT2D eigenvalue weighted by Gasteiger charge is -2.10. The van der Waals surface area contributed by atoms with E-state index in [0.29, 0.717) is 5.03 Å². The molecule has 0 amide bonds. The van der Waals surface area contributed by atoms with Gasteiger partial charge in [-0.15, -0.1) is 0 Å². The Balaban J connectivity index is 2.32. The van der Waals surface area contributed by atoms with Crippen LogP contribution in [0.5, 0.6) is 0 Å². The van der Waals surface area contributed by atoms with Crippen molar-refractivity contribution in [2.45, 2.75) is 84.0 Å². The van der Waals surface area contributed by atoms with E-state index in [4.69, 9.17) is 16.7 Å². The van der Waals surface area contributed by atoms with E-state index in [2.05, 4.69) is 13.0 Å². The monoisotopic (exact) mass is 340 g/mol. The fraction of sp³-hybridized carbons (Fsp3) is 0.750. The fourth-order valence-corrected chi connectivity index (χ4v) is 3.40. The lowest BCUT2D eigenvalue weighted by molar-refractivity contribution is -0.111. The summed E-state index contributed by atoms with van der Waals surface area (Å²) in [6.07, 6.45) is 17.8. The van der Waals surface area contributed by atoms with Gasteiger partial charge < -0.3 is 5.11 Å². The summed E-state index contributed by atoms with van der Waals surface area (Å²) in [5, 5.41) is 9.18. The van der Waals surface area contributed by atoms with Gasteiger partial charge in [-0.05, 0) is 25.7 Å². The number of rotatable bonds is 13. The number of allylic oxidation sites excluding steroid dienone is 4. The third-order valence-corrected chi connectivity index (χ3v) is 4.87. The molecule has 0 fully saturated rings. The van der Waals surface area contributed by atoms with Gasteiger partial charge in [0.25, 0.3) is 0 Å². The highest BCUT2D eigenvalue weighted by atomic mass is 35.5. The Labute approximate surface area is 147 Å². The quantitative estimate of drug-likeness (QED) is 0.333. The van der Waals surface area contributed by atoms with E-state index in [1.165, 1.54) is 38.5 Å². The second kappa shape index (κ2) is 12.8. The highest BCUT2D eigenvalue weighted by Crippen LogP contribution is 2.33. The number of aliphatic hydroxyl groups excluding tert-OH is 1. The van der Waals surface area contributed by atoms with Crippen LogP contribution in [-0.2, 0) is 4.79 Å². The molecule has 0 saturated carbocycles. The summed E-state index contributed by atoms with van der Waals surface area (Å²) in [6, 6.07) is 0. The molecule has 2 nitrogen and oxygen atoms in total. The van der Waals surface area contributed by atoms with Gasteiger partial charge >= 0.3 is 0 Å². The third-order valence-electron chi connectivity index (χ3n) is 4.57. The Kier molecular flexibility index (Phi) is 11.4. The van der Waals surface area contributed by atoms with Crippen molar-refractivity contribution in [1.29, 1.82) is 0 Å². The zero-order chi connectivity index (χ0) is 16.9. The molecular formula is C20H33ClO2. The number of aliphatic hydroxyl groups is 1. The molecule has 1 N–H and O–H groups in total. The smallest absolute Gasteiger partial charge is 0.200 e. The Bertz CT molecular complexity index is 398. The summed E-state index contributed by atoms with van der Waals surface area (Å²) >= 11 is 6.06. The first kappa shape index (κ1) is 20.4. The van der Waals surface area contributed by atoms with Crippen LogP contribution in [0, 0.1) is 5.92 Å². The van der Waals surface area contributed by atoms with Crippen LogP contribution in [0.15, 0.2) is 22.8 Å². The Hall–Kier alpha value is -0.600. The molecule has 0 bridgehead atoms. The molecule has 0 saturated heterocycles. The summed E-state index contributed by atoms with van der Waals surface area (Å²) in [7, 11) is 0. The topological polar surface area (TPSA) is 37.3 Å². The maximum atomic E-state index is 12.2. The average molecular weight is 341 g/mol. The molecule has 0 radical (unpaired) electrons. The normalized spacial score (nSPS) is 19.6. The van der Waals surface area contributed by atoms with Gasteiger partial charge in [0.15, 0.2) is 5.78 Å². The van der Waals surface area contributed by atoms with Crippen molar-refractivity contribution in [2.75, 3.05) is 6.61 Å². The molecule has 1 atom stereocenters. The molecule has 0 aromatic rings. The number of halogens is 1. The second-order valence-corrected chi connectivity index (χ2v) is 7.00. The summed E-state index contributed by atoms with van der Waals surface area (Å²) < 4.78 is 0. The van der Waals surface area contributed by atoms with Crippen molar-refractivity contribution in [1.82, 2.24) is 0 Å². The number of carbonyl (C=O) groups excluding carboxylic acids is 1. The molecule has 1 unspecified atom stereocenters. The molecule has 132 valence electrons. The molecule has 0 heterocycles. The molecule has 3 heteroatoms. The molecule has 1 aliphatic rings. The highest BCUT2D eigenvalue weighted by Gasteiger charge is 2.27. The molecular weight excluding hydrogens is 308 g/mol. The lowest BCUT2D eigenvalue weighted by Crippen LogP contribution is -2.04. The summed E-state index contributed by atoms with van der Waals surface area (Å²) in [5.41, 5.74) is 0.922. The SMILES string of the molecule is CCCCCCCCC1C=C(Cl)C(=O)C1=CCCCCCCO. The Morgan fingerprint density at radius 3 is 2.43 bits per heavy atom. The van der Waals surface area contributed by atoms with Gasteiger partial charge in [0.05, 0.1) is 5.03 Å². The van der Waals surface area contributed by atoms with Crippen molar-refractivity contribution < 1.29 is 9.90 Å². The number of hydrogen-bond donors (Lipinski definition) is 1. The first-order chi connectivity index (χ1) is 11.2. The average Bonchev–Trinajstić information content (AvgIpc) is 2.81. The van der Waals surface area contributed by atoms with Crippen LogP contribution >= 0.6 is 11.6 Å². The van der Waals surface area contributed by atoms with Gasteiger partial charge in [-0.25, -0.2) is 0 Å². The number of ketones is 1. The molecule has 1 aliphatic carbocycles. The predicted molar refractivity (Wildman–Crippen MR) is 98.7 cm³/mol. The minimum absolute atomic E-state index is 0.0398. The van der Waals surface area contributed by atoms with Crippen LogP contribution in [0.4, 0.5) is 0 Å². The van der Waals surface area contributed by atoms with Crippen molar-refractivity contribution in [3.8, 4) is 0 Å². The largest absolute Gasteiger partial charge is 0.396 e. The van der Waals surface area contributed by atoms with Crippen molar-refractivity contribution in [3.63, 3.8) is 0 Å². The van der Waals surface area contributed by atoms with Crippen molar-refractivity contribution >= 4 is 17.4 Å². The summed E-state index contributed by atoms with van der Waals surface area (Å²) in [5.74, 6) is 0.275. The van der Waals surface area contributed by atoms with Crippen molar-refractivity contribution in [2.24, 2.45) is 5.92 Å². The predicted octanol–water partition coefficient (Wildman–Crippen LogP) is 5.93. The van der Waals surface area contributed by atoms with Gasteiger partial charge in [-0.3, -0.25) is 4.79 Å². The second-order valence-electron chi connectivity index (χ2n) is 6.59. The number of carbonyl (C=O) groups is 1. The van der Waals surface area contributed by atoms with E-state index in [1.807, 2.05) is 6.08 Å². The van der Waals surface area contributed by atoms with E-state index < -0.39 is 0 Å². The lowest BCUT2D eigenvalue weighted by atomic mass is 9.94. The summed E-state index contributed by atoms with van der Waals surface area (Å²) in [4.78, 5) is 12.2. The van der Waals surface area contributed by atoms with Crippen LogP contribution in [0.2, 0.25) is 0 Å². The van der Waals surface area contributed by atoms with Crippen LogP contribution in [0.1, 0.15) is 84.0 Å². The standard InChI is InChI=1S/C20H33ClO2/c1-2-3-4-5-7-10-13-17-16-19(21)20(23)18(17)14-11-8-6-9-12-15-22/h14,16-17,22H,2-13,15H2,1H3. The first-order valence-electron chi connectivity index (χ1n) is 9.43. The summed E-state index contributed by atoms with van der Waals surface area (Å²) in [6.45, 7) is 2.51. The Morgan fingerprint density at radius 2 is 1.70 bits per heavy atom. The minimum atomic E-state index is 0.0398. The van der Waals surface area contributed by atoms with Gasteiger partial charge in [0.2, 0.25) is 0 Å². The van der Waals surface area contributed by atoms with E-state index in [-0.39, 0.29) is 18.3 Å². The highest BCUT2D eigenvalue weighted by molar-refractivity contribution is 6.46. The number of hydrogen-bond acceptors (Lipinski definition) is 2. The molecule has 0 aromatic heterocycles. The van der Waals surface area contributed by atoms with Gasteiger partial charge in [0.1, 0.15) is 0 Å². The van der Waals surface area contributed by atoms with E-state index in [0.717, 1.165) is 44.1 Å². The van der Waals surface area contributed by atoms with Crippen LogP contribution in [0.3, 0.4) is 0 Å². The van der Waals surface area contributed by atoms with E-state index in [9.17, 15) is 4.79 Å². The van der Waals surface area contributed by atoms with Crippen LogP contribution in [-0.4, -0.2) is 17.5 Å². The number of Topliss-reactive ketones (excluding diaryl/α,β-unsaturated/α-hetero) is 1. The maximum absolute atomic E-state index is 12.2. The number of unbranched alkanes of at least 4 members (excludes halogenated alkanes) is 9. The van der Waals surface area contributed by atoms with E-state index >= 15 is 0 Å². The zero-order valence-corrected chi connectivity index (χ0v) is 15.4. The minimum Gasteiger partial charge on any atom is -0.396 e. The van der Waals surface area contributed by atoms with Gasteiger partial charge in [-0.1, -0.05) is 82.0 Å². The first-order valence-corrected chi connectivity index (χ1v) is 9.81. The van der Waals surface area contributed by atoms with Crippen molar-refractivity contribution in [3.05, 3.63) is 22.8 Å². The Morgan fingerprint density at radius 1 is 1.04 bits per heavy atom. The van der Waals surface area contributed by atoms with E-state index in [1.54, 1.807) is 0 Å². The third kappa shape index (κ3) is 8.17.